The van der Waals surface area contributed by atoms with Crippen LogP contribution in [0.3, 0.4) is 0 Å². The summed E-state index contributed by atoms with van der Waals surface area (Å²) in [4.78, 5) is 12.6. The van der Waals surface area contributed by atoms with Crippen molar-refractivity contribution in [1.82, 2.24) is 4.57 Å². The Labute approximate surface area is 129 Å². The molecule has 22 heavy (non-hydrogen) atoms. The summed E-state index contributed by atoms with van der Waals surface area (Å²) in [5.41, 5.74) is 0.180. The maximum Gasteiger partial charge on any atom is 0.297 e. The SMILES string of the molecule is CCCCOc1c(O)c2ccc(O)cc2n(CCCC)c1=O. The largest absolute Gasteiger partial charge is 0.508 e. The summed E-state index contributed by atoms with van der Waals surface area (Å²) < 4.78 is 7.09. The Balaban J connectivity index is 2.60. The van der Waals surface area contributed by atoms with Gasteiger partial charge >= 0.3 is 0 Å². The van der Waals surface area contributed by atoms with Gasteiger partial charge in [0.05, 0.1) is 12.1 Å². The molecular formula is C17H23NO4. The van der Waals surface area contributed by atoms with Gasteiger partial charge in [0.25, 0.3) is 5.56 Å². The number of unbranched alkanes of at least 4 members (excludes halogenated alkanes) is 2. The zero-order valence-corrected chi connectivity index (χ0v) is 13.1. The molecule has 0 saturated carbocycles. The molecule has 2 rings (SSSR count). The molecule has 0 unspecified atom stereocenters. The lowest BCUT2D eigenvalue weighted by atomic mass is 10.1. The van der Waals surface area contributed by atoms with Crippen molar-refractivity contribution in [2.75, 3.05) is 6.61 Å². The molecule has 5 heteroatoms. The van der Waals surface area contributed by atoms with Gasteiger partial charge in [-0.25, -0.2) is 0 Å². The molecule has 0 radical (unpaired) electrons. The van der Waals surface area contributed by atoms with Gasteiger partial charge < -0.3 is 19.5 Å². The van der Waals surface area contributed by atoms with E-state index in [1.807, 2.05) is 13.8 Å². The lowest BCUT2D eigenvalue weighted by molar-refractivity contribution is 0.287. The van der Waals surface area contributed by atoms with Crippen LogP contribution in [0.5, 0.6) is 17.2 Å². The predicted octanol–water partition coefficient (Wildman–Crippen LogP) is 3.39. The number of benzene rings is 1. The number of aryl methyl sites for hydroxylation is 1. The van der Waals surface area contributed by atoms with E-state index in [1.54, 1.807) is 10.6 Å². The van der Waals surface area contributed by atoms with Crippen LogP contribution in [0.1, 0.15) is 39.5 Å². The molecule has 1 heterocycles. The smallest absolute Gasteiger partial charge is 0.297 e. The van der Waals surface area contributed by atoms with Crippen molar-refractivity contribution in [3.8, 4) is 17.2 Å². The van der Waals surface area contributed by atoms with Crippen molar-refractivity contribution < 1.29 is 14.9 Å². The fourth-order valence-electron chi connectivity index (χ4n) is 2.39. The number of nitrogens with zero attached hydrogens (tertiary/aromatic N) is 1. The number of aromatic nitrogens is 1. The highest BCUT2D eigenvalue weighted by molar-refractivity contribution is 5.88. The maximum absolute atomic E-state index is 12.6. The number of ether oxygens (including phenoxy) is 1. The first-order valence-corrected chi connectivity index (χ1v) is 7.81. The summed E-state index contributed by atoms with van der Waals surface area (Å²) >= 11 is 0. The summed E-state index contributed by atoms with van der Waals surface area (Å²) in [7, 11) is 0. The van der Waals surface area contributed by atoms with Crippen LogP contribution < -0.4 is 10.3 Å². The normalized spacial score (nSPS) is 11.0. The Hall–Kier alpha value is -2.17. The summed E-state index contributed by atoms with van der Waals surface area (Å²) in [5.74, 6) is -0.0807. The first kappa shape index (κ1) is 16.2. The highest BCUT2D eigenvalue weighted by Gasteiger charge is 2.17. The van der Waals surface area contributed by atoms with E-state index in [1.165, 1.54) is 12.1 Å². The molecular weight excluding hydrogens is 282 g/mol. The van der Waals surface area contributed by atoms with E-state index in [4.69, 9.17) is 4.74 Å². The molecule has 0 aliphatic carbocycles. The van der Waals surface area contributed by atoms with E-state index in [0.29, 0.717) is 24.1 Å². The van der Waals surface area contributed by atoms with E-state index < -0.39 is 0 Å². The van der Waals surface area contributed by atoms with Gasteiger partial charge in [0.15, 0.2) is 5.75 Å². The van der Waals surface area contributed by atoms with E-state index in [2.05, 4.69) is 0 Å². The molecule has 0 amide bonds. The highest BCUT2D eigenvalue weighted by atomic mass is 16.5. The summed E-state index contributed by atoms with van der Waals surface area (Å²) in [6.45, 7) is 5.01. The minimum Gasteiger partial charge on any atom is -0.508 e. The van der Waals surface area contributed by atoms with Gasteiger partial charge in [-0.3, -0.25) is 4.79 Å². The Bertz CT molecular complexity index is 706. The topological polar surface area (TPSA) is 71.7 Å². The second-order valence-corrected chi connectivity index (χ2v) is 5.39. The van der Waals surface area contributed by atoms with Crippen molar-refractivity contribution >= 4 is 10.9 Å². The van der Waals surface area contributed by atoms with Crippen LogP contribution in [0.15, 0.2) is 23.0 Å². The number of hydrogen-bond donors (Lipinski definition) is 2. The Morgan fingerprint density at radius 1 is 1.14 bits per heavy atom. The molecule has 0 saturated heterocycles. The molecule has 120 valence electrons. The molecule has 2 aromatic rings. The molecule has 0 spiro atoms. The van der Waals surface area contributed by atoms with Crippen LogP contribution in [0.25, 0.3) is 10.9 Å². The lowest BCUT2D eigenvalue weighted by Gasteiger charge is -2.15. The van der Waals surface area contributed by atoms with Crippen molar-refractivity contribution in [2.45, 2.75) is 46.1 Å². The molecule has 0 aliphatic heterocycles. The van der Waals surface area contributed by atoms with Crippen molar-refractivity contribution in [2.24, 2.45) is 0 Å². The Morgan fingerprint density at radius 3 is 2.55 bits per heavy atom. The molecule has 0 fully saturated rings. The summed E-state index contributed by atoms with van der Waals surface area (Å²) in [6.07, 6.45) is 3.55. The summed E-state index contributed by atoms with van der Waals surface area (Å²) in [6, 6.07) is 4.60. The van der Waals surface area contributed by atoms with Gasteiger partial charge in [-0.15, -0.1) is 0 Å². The highest BCUT2D eigenvalue weighted by Crippen LogP contribution is 2.33. The first-order valence-electron chi connectivity index (χ1n) is 7.81. The fourth-order valence-corrected chi connectivity index (χ4v) is 2.39. The lowest BCUT2D eigenvalue weighted by Crippen LogP contribution is -2.23. The minimum absolute atomic E-state index is 0.00254. The second kappa shape index (κ2) is 7.20. The second-order valence-electron chi connectivity index (χ2n) is 5.39. The Morgan fingerprint density at radius 2 is 1.86 bits per heavy atom. The average molecular weight is 305 g/mol. The number of phenols is 1. The number of hydrogen-bond acceptors (Lipinski definition) is 4. The number of fused-ring (bicyclic) bond motifs is 1. The van der Waals surface area contributed by atoms with Gasteiger partial charge in [-0.05, 0) is 25.0 Å². The number of aromatic hydroxyl groups is 2. The standard InChI is InChI=1S/C17H23NO4/c1-3-5-9-18-14-11-12(19)7-8-13(14)15(20)16(17(18)21)22-10-6-4-2/h7-8,11,19-20H,3-6,9-10H2,1-2H3. The molecule has 0 bridgehead atoms. The summed E-state index contributed by atoms with van der Waals surface area (Å²) in [5, 5.41) is 20.5. The first-order chi connectivity index (χ1) is 10.6. The quantitative estimate of drug-likeness (QED) is 0.769. The fraction of sp³-hybridized carbons (Fsp3) is 0.471. The average Bonchev–Trinajstić information content (AvgIpc) is 2.50. The predicted molar refractivity (Wildman–Crippen MR) is 86.8 cm³/mol. The van der Waals surface area contributed by atoms with Crippen molar-refractivity contribution in [3.63, 3.8) is 0 Å². The zero-order valence-electron chi connectivity index (χ0n) is 13.1. The van der Waals surface area contributed by atoms with E-state index in [9.17, 15) is 15.0 Å². The van der Waals surface area contributed by atoms with Crippen LogP contribution in [0, 0.1) is 0 Å². The third kappa shape index (κ3) is 3.18. The zero-order chi connectivity index (χ0) is 16.1. The van der Waals surface area contributed by atoms with Crippen LogP contribution in [0.4, 0.5) is 0 Å². The molecule has 5 nitrogen and oxygen atoms in total. The Kier molecular flexibility index (Phi) is 5.31. The van der Waals surface area contributed by atoms with E-state index in [0.717, 1.165) is 25.7 Å². The van der Waals surface area contributed by atoms with Gasteiger partial charge in [-0.2, -0.15) is 0 Å². The molecule has 0 atom stereocenters. The van der Waals surface area contributed by atoms with Crippen molar-refractivity contribution in [3.05, 3.63) is 28.6 Å². The minimum atomic E-state index is -0.347. The van der Waals surface area contributed by atoms with Crippen LogP contribution in [-0.2, 0) is 6.54 Å². The maximum atomic E-state index is 12.6. The van der Waals surface area contributed by atoms with Gasteiger partial charge in [0.1, 0.15) is 5.75 Å². The van der Waals surface area contributed by atoms with Gasteiger partial charge in [0, 0.05) is 18.0 Å². The van der Waals surface area contributed by atoms with Crippen LogP contribution >= 0.6 is 0 Å². The van der Waals surface area contributed by atoms with Gasteiger partial charge in [-0.1, -0.05) is 26.7 Å². The van der Waals surface area contributed by atoms with E-state index >= 15 is 0 Å². The van der Waals surface area contributed by atoms with Crippen LogP contribution in [0.2, 0.25) is 0 Å². The third-order valence-electron chi connectivity index (χ3n) is 3.66. The molecule has 0 aliphatic rings. The molecule has 1 aromatic heterocycles. The number of phenolic OH excluding ortho intramolecular Hbond substituents is 1. The monoisotopic (exact) mass is 305 g/mol. The van der Waals surface area contributed by atoms with Crippen LogP contribution in [-0.4, -0.2) is 21.4 Å². The van der Waals surface area contributed by atoms with Gasteiger partial charge in [0.2, 0.25) is 5.75 Å². The van der Waals surface area contributed by atoms with E-state index in [-0.39, 0.29) is 22.8 Å². The molecule has 1 aromatic carbocycles. The third-order valence-corrected chi connectivity index (χ3v) is 3.66. The molecule has 2 N–H and O–H groups in total. The number of rotatable bonds is 7. The van der Waals surface area contributed by atoms with Crippen molar-refractivity contribution in [1.29, 1.82) is 0 Å². The number of pyridine rings is 1.